The highest BCUT2D eigenvalue weighted by molar-refractivity contribution is 5.57. The summed E-state index contributed by atoms with van der Waals surface area (Å²) in [6.45, 7) is 1.89. The van der Waals surface area contributed by atoms with Gasteiger partial charge in [-0.1, -0.05) is 121 Å². The zero-order valence-corrected chi connectivity index (χ0v) is 21.5. The van der Waals surface area contributed by atoms with E-state index in [9.17, 15) is 5.11 Å². The first kappa shape index (κ1) is 22.9. The van der Waals surface area contributed by atoms with Crippen LogP contribution in [0.1, 0.15) is 58.3 Å². The van der Waals surface area contributed by atoms with Gasteiger partial charge >= 0.3 is 0 Å². The van der Waals surface area contributed by atoms with Gasteiger partial charge in [-0.2, -0.15) is 0 Å². The van der Waals surface area contributed by atoms with Gasteiger partial charge in [-0.05, 0) is 53.1 Å². The third-order valence-electron chi connectivity index (χ3n) is 8.45. The number of benzene rings is 4. The van der Waals surface area contributed by atoms with Crippen molar-refractivity contribution in [1.29, 1.82) is 0 Å². The Labute approximate surface area is 223 Å². The predicted molar refractivity (Wildman–Crippen MR) is 151 cm³/mol. The van der Waals surface area contributed by atoms with Gasteiger partial charge in [-0.25, -0.2) is 4.98 Å². The molecule has 2 atom stereocenters. The molecule has 1 aromatic heterocycles. The lowest BCUT2D eigenvalue weighted by atomic mass is 9.76. The van der Waals surface area contributed by atoms with Crippen LogP contribution in [0.5, 0.6) is 0 Å². The topological polar surface area (TPSA) is 38.0 Å². The van der Waals surface area contributed by atoms with Crippen LogP contribution < -0.4 is 0 Å². The van der Waals surface area contributed by atoms with Crippen LogP contribution in [0, 0.1) is 0 Å². The van der Waals surface area contributed by atoms with E-state index in [1.54, 1.807) is 0 Å². The largest absolute Gasteiger partial charge is 0.379 e. The number of aliphatic hydroxyl groups is 1. The molecule has 3 nitrogen and oxygen atoms in total. The maximum Gasteiger partial charge on any atom is 0.130 e. The molecule has 2 unspecified atom stereocenters. The number of nitrogens with zero attached hydrogens (tertiary/aromatic N) is 2. The molecule has 0 saturated heterocycles. The van der Waals surface area contributed by atoms with Crippen LogP contribution in [-0.2, 0) is 17.6 Å². The second-order valence-electron chi connectivity index (χ2n) is 10.6. The minimum atomic E-state index is -1.22. The van der Waals surface area contributed by atoms with Crippen molar-refractivity contribution in [2.24, 2.45) is 0 Å². The Bertz CT molecular complexity index is 1540. The minimum absolute atomic E-state index is 0.467. The van der Waals surface area contributed by atoms with Crippen molar-refractivity contribution in [3.8, 4) is 0 Å². The van der Waals surface area contributed by atoms with Crippen LogP contribution >= 0.6 is 0 Å². The minimum Gasteiger partial charge on any atom is -0.379 e. The monoisotopic (exact) mass is 494 g/mol. The summed E-state index contributed by atoms with van der Waals surface area (Å²) in [5.74, 6) is 0.467. The third-order valence-corrected chi connectivity index (χ3v) is 8.45. The van der Waals surface area contributed by atoms with E-state index >= 15 is 0 Å². The maximum absolute atomic E-state index is 12.1. The molecule has 1 N–H and O–H groups in total. The van der Waals surface area contributed by atoms with Gasteiger partial charge < -0.3 is 9.67 Å². The number of hydrogen-bond donors (Lipinski definition) is 1. The van der Waals surface area contributed by atoms with Gasteiger partial charge in [-0.15, -0.1) is 0 Å². The number of rotatable bonds is 6. The highest BCUT2D eigenvalue weighted by atomic mass is 16.3. The second-order valence-corrected chi connectivity index (χ2v) is 10.6. The first-order valence-electron chi connectivity index (χ1n) is 13.4. The van der Waals surface area contributed by atoms with E-state index in [1.807, 2.05) is 37.6 Å². The molecule has 0 spiro atoms. The first-order chi connectivity index (χ1) is 18.6. The smallest absolute Gasteiger partial charge is 0.130 e. The molecule has 38 heavy (non-hydrogen) atoms. The van der Waals surface area contributed by atoms with Crippen LogP contribution in [0.15, 0.2) is 133 Å². The molecular formula is C35H30N2O. The van der Waals surface area contributed by atoms with E-state index in [0.717, 1.165) is 35.1 Å². The molecule has 0 fully saturated rings. The van der Waals surface area contributed by atoms with Crippen LogP contribution in [0.3, 0.4) is 0 Å². The van der Waals surface area contributed by atoms with E-state index in [0.29, 0.717) is 11.6 Å². The fraction of sp³-hybridized carbons (Fsp3) is 0.171. The standard InChI is InChI=1S/C35H30N2O/c1-34(38,32-19-11-18-29-30(32)21-20-25-22-31(25)29)33-23-37(24-36-33)35(26-12-5-2-6-13-26,27-14-7-3-8-15-27)28-16-9-4-10-17-28/h2-19,22-24,31,38H,20-21H2,1H3. The third kappa shape index (κ3) is 3.43. The van der Waals surface area contributed by atoms with Gasteiger partial charge in [0.2, 0.25) is 0 Å². The van der Waals surface area contributed by atoms with Crippen LogP contribution in [0.25, 0.3) is 0 Å². The molecule has 5 aromatic rings. The van der Waals surface area contributed by atoms with Crippen molar-refractivity contribution >= 4 is 0 Å². The van der Waals surface area contributed by atoms with Gasteiger partial charge in [0, 0.05) is 12.1 Å². The fourth-order valence-corrected chi connectivity index (χ4v) is 6.48. The average Bonchev–Trinajstić information content (AvgIpc) is 3.61. The van der Waals surface area contributed by atoms with E-state index in [1.165, 1.54) is 16.7 Å². The molecule has 0 amide bonds. The van der Waals surface area contributed by atoms with E-state index < -0.39 is 11.1 Å². The van der Waals surface area contributed by atoms with Crippen molar-refractivity contribution in [2.45, 2.75) is 36.8 Å². The highest BCUT2D eigenvalue weighted by Crippen LogP contribution is 2.50. The fourth-order valence-electron chi connectivity index (χ4n) is 6.48. The van der Waals surface area contributed by atoms with Gasteiger partial charge in [0.15, 0.2) is 0 Å². The molecule has 0 saturated carbocycles. The maximum atomic E-state index is 12.1. The molecule has 2 aliphatic rings. The Morgan fingerprint density at radius 2 is 1.32 bits per heavy atom. The normalized spacial score (nSPS) is 17.6. The quantitative estimate of drug-likeness (QED) is 0.205. The Kier molecular flexibility index (Phi) is 5.24. The molecule has 4 aromatic carbocycles. The highest BCUT2D eigenvalue weighted by Gasteiger charge is 2.41. The Morgan fingerprint density at radius 1 is 0.737 bits per heavy atom. The van der Waals surface area contributed by atoms with Crippen molar-refractivity contribution < 1.29 is 5.11 Å². The van der Waals surface area contributed by atoms with Gasteiger partial charge in [-0.3, -0.25) is 0 Å². The molecule has 2 aliphatic carbocycles. The number of hydrogen-bond acceptors (Lipinski definition) is 2. The van der Waals surface area contributed by atoms with E-state index in [-0.39, 0.29) is 0 Å². The van der Waals surface area contributed by atoms with Crippen molar-refractivity contribution in [1.82, 2.24) is 9.55 Å². The number of fused-ring (bicyclic) bond motifs is 3. The summed E-state index contributed by atoms with van der Waals surface area (Å²) in [6, 6.07) is 38.0. The Hall–Kier alpha value is -4.21. The number of allylic oxidation sites excluding steroid dienone is 2. The Morgan fingerprint density at radius 3 is 1.89 bits per heavy atom. The second kappa shape index (κ2) is 8.68. The summed E-state index contributed by atoms with van der Waals surface area (Å²) in [5.41, 5.74) is 7.27. The summed E-state index contributed by atoms with van der Waals surface area (Å²) >= 11 is 0. The molecule has 0 aliphatic heterocycles. The first-order valence-corrected chi connectivity index (χ1v) is 13.4. The molecule has 0 bridgehead atoms. The summed E-state index contributed by atoms with van der Waals surface area (Å²) in [4.78, 5) is 4.89. The number of imidazole rings is 1. The van der Waals surface area contributed by atoms with E-state index in [2.05, 4.69) is 102 Å². The molecule has 7 rings (SSSR count). The zero-order chi connectivity index (χ0) is 25.7. The molecule has 1 heterocycles. The van der Waals surface area contributed by atoms with Gasteiger partial charge in [0.1, 0.15) is 11.1 Å². The van der Waals surface area contributed by atoms with Crippen molar-refractivity contribution in [3.05, 3.63) is 172 Å². The van der Waals surface area contributed by atoms with Crippen LogP contribution in [-0.4, -0.2) is 14.7 Å². The average molecular weight is 495 g/mol. The lowest BCUT2D eigenvalue weighted by molar-refractivity contribution is 0.0965. The summed E-state index contributed by atoms with van der Waals surface area (Å²) in [5, 5.41) is 12.1. The summed E-state index contributed by atoms with van der Waals surface area (Å²) in [6.07, 6.45) is 8.32. The van der Waals surface area contributed by atoms with Crippen molar-refractivity contribution in [3.63, 3.8) is 0 Å². The SMILES string of the molecule is CC(O)(c1cn(C(c2ccccc2)(c2ccccc2)c2ccccc2)cn1)c1cccc2c1CCC1=CC12. The molecule has 186 valence electrons. The number of aromatic nitrogens is 2. The summed E-state index contributed by atoms with van der Waals surface area (Å²) in [7, 11) is 0. The van der Waals surface area contributed by atoms with Crippen LogP contribution in [0.4, 0.5) is 0 Å². The lowest BCUT2D eigenvalue weighted by Gasteiger charge is -2.37. The van der Waals surface area contributed by atoms with Gasteiger partial charge in [0.25, 0.3) is 0 Å². The van der Waals surface area contributed by atoms with Crippen molar-refractivity contribution in [2.75, 3.05) is 0 Å². The van der Waals surface area contributed by atoms with Crippen LogP contribution in [0.2, 0.25) is 0 Å². The molecule has 3 heteroatoms. The molecule has 0 radical (unpaired) electrons. The predicted octanol–water partition coefficient (Wildman–Crippen LogP) is 6.95. The molecular weight excluding hydrogens is 464 g/mol. The summed E-state index contributed by atoms with van der Waals surface area (Å²) < 4.78 is 2.17. The zero-order valence-electron chi connectivity index (χ0n) is 21.5. The lowest BCUT2D eigenvalue weighted by Crippen LogP contribution is -2.37. The Balaban J connectivity index is 1.43. The van der Waals surface area contributed by atoms with E-state index in [4.69, 9.17) is 4.98 Å². The van der Waals surface area contributed by atoms with Gasteiger partial charge in [0.05, 0.1) is 12.0 Å².